The van der Waals surface area contributed by atoms with Gasteiger partial charge in [0.1, 0.15) is 4.99 Å². The lowest BCUT2D eigenvalue weighted by Crippen LogP contribution is -2.29. The molecule has 0 aliphatic carbocycles. The molecule has 0 fully saturated rings. The van der Waals surface area contributed by atoms with Gasteiger partial charge in [-0.3, -0.25) is 4.98 Å². The number of hydrogen-bond acceptors (Lipinski definition) is 4. The highest BCUT2D eigenvalue weighted by molar-refractivity contribution is 7.80. The molecule has 1 unspecified atom stereocenters. The van der Waals surface area contributed by atoms with Gasteiger partial charge in [-0.15, -0.1) is 0 Å². The number of pyridine rings is 1. The van der Waals surface area contributed by atoms with E-state index in [0.717, 1.165) is 12.2 Å². The second kappa shape index (κ2) is 5.77. The SMILES string of the molecule is CC(CN(C)C)Nc1ccnc(C(N)=S)c1. The summed E-state index contributed by atoms with van der Waals surface area (Å²) in [6.07, 6.45) is 1.71. The van der Waals surface area contributed by atoms with E-state index in [1.54, 1.807) is 6.20 Å². The van der Waals surface area contributed by atoms with Crippen molar-refractivity contribution < 1.29 is 0 Å². The largest absolute Gasteiger partial charge is 0.388 e. The number of likely N-dealkylation sites (N-methyl/N-ethyl adjacent to an activating group) is 1. The average molecular weight is 238 g/mol. The lowest BCUT2D eigenvalue weighted by Gasteiger charge is -2.19. The van der Waals surface area contributed by atoms with E-state index in [2.05, 4.69) is 22.1 Å². The van der Waals surface area contributed by atoms with Crippen LogP contribution in [0.25, 0.3) is 0 Å². The van der Waals surface area contributed by atoms with Crippen molar-refractivity contribution in [1.29, 1.82) is 0 Å². The van der Waals surface area contributed by atoms with Crippen molar-refractivity contribution in [2.75, 3.05) is 26.0 Å². The van der Waals surface area contributed by atoms with E-state index in [4.69, 9.17) is 18.0 Å². The highest BCUT2D eigenvalue weighted by Gasteiger charge is 2.05. The normalized spacial score (nSPS) is 12.5. The van der Waals surface area contributed by atoms with Crippen LogP contribution in [0, 0.1) is 0 Å². The Morgan fingerprint density at radius 1 is 1.62 bits per heavy atom. The van der Waals surface area contributed by atoms with Crippen LogP contribution in [-0.2, 0) is 0 Å². The fourth-order valence-corrected chi connectivity index (χ4v) is 1.64. The third-order valence-corrected chi connectivity index (χ3v) is 2.27. The fourth-order valence-electron chi connectivity index (χ4n) is 1.53. The molecular formula is C11H18N4S. The van der Waals surface area contributed by atoms with E-state index < -0.39 is 0 Å². The van der Waals surface area contributed by atoms with Gasteiger partial charge in [0.2, 0.25) is 0 Å². The Morgan fingerprint density at radius 3 is 2.88 bits per heavy atom. The maximum Gasteiger partial charge on any atom is 0.122 e. The van der Waals surface area contributed by atoms with Gasteiger partial charge in [-0.2, -0.15) is 0 Å². The summed E-state index contributed by atoms with van der Waals surface area (Å²) >= 11 is 4.88. The first-order chi connectivity index (χ1) is 7.49. The van der Waals surface area contributed by atoms with Crippen LogP contribution in [0.2, 0.25) is 0 Å². The minimum absolute atomic E-state index is 0.323. The third kappa shape index (κ3) is 4.12. The summed E-state index contributed by atoms with van der Waals surface area (Å²) in [6.45, 7) is 3.09. The lowest BCUT2D eigenvalue weighted by molar-refractivity contribution is 0.392. The van der Waals surface area contributed by atoms with E-state index in [-0.39, 0.29) is 0 Å². The number of rotatable bonds is 5. The maximum atomic E-state index is 5.53. The summed E-state index contributed by atoms with van der Waals surface area (Å²) in [5.41, 5.74) is 7.17. The third-order valence-electron chi connectivity index (χ3n) is 2.06. The van der Waals surface area contributed by atoms with Gasteiger partial charge < -0.3 is 16.0 Å². The number of anilines is 1. The van der Waals surface area contributed by atoms with Crippen LogP contribution < -0.4 is 11.1 Å². The van der Waals surface area contributed by atoms with E-state index in [0.29, 0.717) is 16.7 Å². The molecule has 1 heterocycles. The molecule has 0 saturated heterocycles. The minimum Gasteiger partial charge on any atom is -0.388 e. The standard InChI is InChI=1S/C11H18N4S/c1-8(7-15(2)3)14-9-4-5-13-10(6-9)11(12)16/h4-6,8H,7H2,1-3H3,(H2,12,16)(H,13,14). The number of hydrogen-bond donors (Lipinski definition) is 2. The average Bonchev–Trinajstić information content (AvgIpc) is 2.16. The summed E-state index contributed by atoms with van der Waals surface area (Å²) < 4.78 is 0. The predicted molar refractivity (Wildman–Crippen MR) is 71.8 cm³/mol. The summed E-state index contributed by atoms with van der Waals surface area (Å²) in [7, 11) is 4.09. The van der Waals surface area contributed by atoms with Crippen LogP contribution in [0.5, 0.6) is 0 Å². The maximum absolute atomic E-state index is 5.53. The highest BCUT2D eigenvalue weighted by Crippen LogP contribution is 2.09. The number of nitrogens with one attached hydrogen (secondary N) is 1. The molecule has 0 aliphatic rings. The number of aromatic nitrogens is 1. The monoisotopic (exact) mass is 238 g/mol. The van der Waals surface area contributed by atoms with Crippen LogP contribution in [0.3, 0.4) is 0 Å². The topological polar surface area (TPSA) is 54.2 Å². The molecule has 4 nitrogen and oxygen atoms in total. The van der Waals surface area contributed by atoms with Crippen LogP contribution >= 0.6 is 12.2 Å². The van der Waals surface area contributed by atoms with E-state index in [9.17, 15) is 0 Å². The molecule has 1 aromatic heterocycles. The van der Waals surface area contributed by atoms with Crippen LogP contribution in [-0.4, -0.2) is 41.6 Å². The smallest absolute Gasteiger partial charge is 0.122 e. The van der Waals surface area contributed by atoms with E-state index >= 15 is 0 Å². The van der Waals surface area contributed by atoms with Crippen LogP contribution in [0.4, 0.5) is 5.69 Å². The Balaban J connectivity index is 2.66. The van der Waals surface area contributed by atoms with Crippen molar-refractivity contribution in [2.45, 2.75) is 13.0 Å². The Kier molecular flexibility index (Phi) is 4.64. The summed E-state index contributed by atoms with van der Waals surface area (Å²) in [4.78, 5) is 6.55. The molecule has 0 saturated carbocycles. The van der Waals surface area contributed by atoms with E-state index in [1.165, 1.54) is 0 Å². The molecule has 0 spiro atoms. The molecule has 0 aliphatic heterocycles. The van der Waals surface area contributed by atoms with Crippen molar-refractivity contribution in [2.24, 2.45) is 5.73 Å². The summed E-state index contributed by atoms with van der Waals surface area (Å²) in [5, 5.41) is 3.37. The summed E-state index contributed by atoms with van der Waals surface area (Å²) in [5.74, 6) is 0. The molecule has 1 rings (SSSR count). The Hall–Kier alpha value is -1.20. The number of nitrogens with zero attached hydrogens (tertiary/aromatic N) is 2. The fraction of sp³-hybridized carbons (Fsp3) is 0.455. The van der Waals surface area contributed by atoms with Gasteiger partial charge in [-0.1, -0.05) is 12.2 Å². The van der Waals surface area contributed by atoms with Gasteiger partial charge in [0.05, 0.1) is 5.69 Å². The second-order valence-electron chi connectivity index (χ2n) is 4.10. The molecule has 0 bridgehead atoms. The van der Waals surface area contributed by atoms with Gasteiger partial charge >= 0.3 is 0 Å². The van der Waals surface area contributed by atoms with Gasteiger partial charge in [0.15, 0.2) is 0 Å². The van der Waals surface area contributed by atoms with Crippen molar-refractivity contribution in [3.8, 4) is 0 Å². The lowest BCUT2D eigenvalue weighted by atomic mass is 10.2. The molecule has 88 valence electrons. The van der Waals surface area contributed by atoms with Crippen LogP contribution in [0.15, 0.2) is 18.3 Å². The van der Waals surface area contributed by atoms with Crippen molar-refractivity contribution >= 4 is 22.9 Å². The molecule has 0 radical (unpaired) electrons. The molecule has 16 heavy (non-hydrogen) atoms. The first-order valence-corrected chi connectivity index (χ1v) is 5.57. The molecule has 5 heteroatoms. The quantitative estimate of drug-likeness (QED) is 0.752. The van der Waals surface area contributed by atoms with Gasteiger partial charge in [0, 0.05) is 24.5 Å². The van der Waals surface area contributed by atoms with Gasteiger partial charge in [-0.25, -0.2) is 0 Å². The Bertz CT molecular complexity index is 365. The Labute approximate surface area is 102 Å². The first kappa shape index (κ1) is 12.9. The number of nitrogens with two attached hydrogens (primary N) is 1. The molecule has 3 N–H and O–H groups in total. The van der Waals surface area contributed by atoms with Crippen molar-refractivity contribution in [3.63, 3.8) is 0 Å². The molecule has 0 amide bonds. The highest BCUT2D eigenvalue weighted by atomic mass is 32.1. The summed E-state index contributed by atoms with van der Waals surface area (Å²) in [6, 6.07) is 4.14. The first-order valence-electron chi connectivity index (χ1n) is 5.16. The molecule has 1 aromatic rings. The van der Waals surface area contributed by atoms with Crippen molar-refractivity contribution in [3.05, 3.63) is 24.0 Å². The number of thiocarbonyl (C=S) groups is 1. The van der Waals surface area contributed by atoms with Gasteiger partial charge in [-0.05, 0) is 33.2 Å². The zero-order valence-corrected chi connectivity index (χ0v) is 10.7. The molecule has 0 aromatic carbocycles. The van der Waals surface area contributed by atoms with Gasteiger partial charge in [0.25, 0.3) is 0 Å². The van der Waals surface area contributed by atoms with Crippen molar-refractivity contribution in [1.82, 2.24) is 9.88 Å². The zero-order chi connectivity index (χ0) is 12.1. The molecule has 1 atom stereocenters. The minimum atomic E-state index is 0.323. The second-order valence-corrected chi connectivity index (χ2v) is 4.54. The Morgan fingerprint density at radius 2 is 2.31 bits per heavy atom. The molecular weight excluding hydrogens is 220 g/mol. The zero-order valence-electron chi connectivity index (χ0n) is 9.90. The van der Waals surface area contributed by atoms with Crippen LogP contribution in [0.1, 0.15) is 12.6 Å². The van der Waals surface area contributed by atoms with E-state index in [1.807, 2.05) is 26.2 Å². The predicted octanol–water partition coefficient (Wildman–Crippen LogP) is 1.08.